The van der Waals surface area contributed by atoms with Gasteiger partial charge in [0.2, 0.25) is 0 Å². The molecule has 41 heavy (non-hydrogen) atoms. The number of rotatable bonds is 9. The van der Waals surface area contributed by atoms with Crippen LogP contribution in [0.5, 0.6) is 0 Å². The molecule has 0 aromatic heterocycles. The van der Waals surface area contributed by atoms with Crippen LogP contribution in [-0.2, 0) is 19.1 Å². The first-order valence-corrected chi connectivity index (χ1v) is 16.6. The number of aliphatic hydroxyl groups is 1. The molecule has 4 aliphatic rings. The third-order valence-electron chi connectivity index (χ3n) is 14.3. The molecular weight excluding hydrogens is 514 g/mol. The van der Waals surface area contributed by atoms with E-state index in [0.717, 1.165) is 25.2 Å². The van der Waals surface area contributed by atoms with Crippen molar-refractivity contribution in [2.24, 2.45) is 56.7 Å². The Kier molecular flexibility index (Phi) is 9.12. The van der Waals surface area contributed by atoms with Gasteiger partial charge in [0.15, 0.2) is 0 Å². The van der Waals surface area contributed by atoms with Crippen molar-refractivity contribution >= 4 is 11.9 Å². The molecule has 0 heterocycles. The van der Waals surface area contributed by atoms with Crippen molar-refractivity contribution in [2.45, 2.75) is 132 Å². The van der Waals surface area contributed by atoms with Gasteiger partial charge in [-0.25, -0.2) is 0 Å². The van der Waals surface area contributed by atoms with Crippen LogP contribution in [0, 0.1) is 56.7 Å². The SMILES string of the molecule is COC(=O)[C@H](CO)NCCCC(C)(C)C1CC[C@]2(C)[C@@H]1C(OC(C)=O)CC1[C@@]3(C)CC[C@H](C)C(C)(C)C3CC[C@]12C. The fourth-order valence-electron chi connectivity index (χ4n) is 11.5. The molecule has 4 rings (SSSR count). The highest BCUT2D eigenvalue weighted by Crippen LogP contribution is 2.76. The molecule has 6 heteroatoms. The molecule has 2 N–H and O–H groups in total. The molecule has 4 aliphatic carbocycles. The van der Waals surface area contributed by atoms with Crippen LogP contribution in [0.4, 0.5) is 0 Å². The van der Waals surface area contributed by atoms with E-state index in [9.17, 15) is 14.7 Å². The maximum atomic E-state index is 12.6. The number of carbonyl (C=O) groups is 2. The number of hydrogen-bond acceptors (Lipinski definition) is 6. The summed E-state index contributed by atoms with van der Waals surface area (Å²) in [6.07, 6.45) is 10.4. The third kappa shape index (κ3) is 5.29. The summed E-state index contributed by atoms with van der Waals surface area (Å²) in [7, 11) is 1.35. The van der Waals surface area contributed by atoms with Gasteiger partial charge >= 0.3 is 11.9 Å². The zero-order chi connectivity index (χ0) is 30.6. The van der Waals surface area contributed by atoms with Crippen LogP contribution in [0.25, 0.3) is 0 Å². The summed E-state index contributed by atoms with van der Waals surface area (Å²) in [5, 5.41) is 12.7. The van der Waals surface area contributed by atoms with Crippen LogP contribution < -0.4 is 5.32 Å². The Morgan fingerprint density at radius 1 is 1.00 bits per heavy atom. The maximum Gasteiger partial charge on any atom is 0.325 e. The lowest BCUT2D eigenvalue weighted by atomic mass is 9.34. The molecule has 4 unspecified atom stereocenters. The molecule has 0 radical (unpaired) electrons. The van der Waals surface area contributed by atoms with Crippen LogP contribution >= 0.6 is 0 Å². The third-order valence-corrected chi connectivity index (χ3v) is 14.3. The Bertz CT molecular complexity index is 978. The van der Waals surface area contributed by atoms with Crippen LogP contribution in [-0.4, -0.2) is 49.5 Å². The molecule has 0 aliphatic heterocycles. The Morgan fingerprint density at radius 2 is 1.66 bits per heavy atom. The summed E-state index contributed by atoms with van der Waals surface area (Å²) in [5.41, 5.74) is 1.04. The number of methoxy groups -OCH3 is 1. The maximum absolute atomic E-state index is 12.6. The van der Waals surface area contributed by atoms with Gasteiger partial charge in [0, 0.05) is 12.8 Å². The normalized spacial score (nSPS) is 42.4. The van der Waals surface area contributed by atoms with Crippen molar-refractivity contribution in [3.63, 3.8) is 0 Å². The molecule has 236 valence electrons. The van der Waals surface area contributed by atoms with E-state index in [4.69, 9.17) is 9.47 Å². The van der Waals surface area contributed by atoms with Crippen LogP contribution in [0.3, 0.4) is 0 Å². The smallest absolute Gasteiger partial charge is 0.325 e. The van der Waals surface area contributed by atoms with Crippen molar-refractivity contribution in [1.82, 2.24) is 5.32 Å². The zero-order valence-electron chi connectivity index (χ0n) is 27.9. The van der Waals surface area contributed by atoms with Crippen LogP contribution in [0.1, 0.15) is 120 Å². The van der Waals surface area contributed by atoms with Crippen molar-refractivity contribution in [2.75, 3.05) is 20.3 Å². The Morgan fingerprint density at radius 3 is 2.27 bits per heavy atom. The lowest BCUT2D eigenvalue weighted by molar-refractivity contribution is -0.242. The highest BCUT2D eigenvalue weighted by atomic mass is 16.5. The van der Waals surface area contributed by atoms with Gasteiger partial charge in [-0.1, -0.05) is 55.4 Å². The second-order valence-corrected chi connectivity index (χ2v) is 16.6. The first kappa shape index (κ1) is 32.8. The van der Waals surface area contributed by atoms with Gasteiger partial charge in [0.05, 0.1) is 13.7 Å². The molecule has 0 spiro atoms. The average molecular weight is 576 g/mol. The summed E-state index contributed by atoms with van der Waals surface area (Å²) < 4.78 is 11.2. The Hall–Kier alpha value is -1.14. The van der Waals surface area contributed by atoms with Gasteiger partial charge in [-0.3, -0.25) is 9.59 Å². The monoisotopic (exact) mass is 575 g/mol. The molecule has 0 saturated heterocycles. The second kappa shape index (κ2) is 11.4. The van der Waals surface area contributed by atoms with Crippen molar-refractivity contribution in [1.29, 1.82) is 0 Å². The summed E-state index contributed by atoms with van der Waals surface area (Å²) >= 11 is 0. The lowest BCUT2D eigenvalue weighted by Gasteiger charge is -2.71. The summed E-state index contributed by atoms with van der Waals surface area (Å²) in [5.74, 6) is 2.28. The Balaban J connectivity index is 1.60. The minimum Gasteiger partial charge on any atom is -0.468 e. The number of esters is 2. The van der Waals surface area contributed by atoms with Gasteiger partial charge in [0.25, 0.3) is 0 Å². The molecule has 4 fully saturated rings. The zero-order valence-corrected chi connectivity index (χ0v) is 27.9. The van der Waals surface area contributed by atoms with Gasteiger partial charge in [-0.15, -0.1) is 0 Å². The fourth-order valence-corrected chi connectivity index (χ4v) is 11.5. The van der Waals surface area contributed by atoms with Gasteiger partial charge in [0.1, 0.15) is 12.1 Å². The highest BCUT2D eigenvalue weighted by Gasteiger charge is 2.71. The first-order valence-electron chi connectivity index (χ1n) is 16.6. The fraction of sp³-hybridized carbons (Fsp3) is 0.943. The quantitative estimate of drug-likeness (QED) is 0.233. The number of nitrogens with one attached hydrogen (secondary N) is 1. The topological polar surface area (TPSA) is 84.9 Å². The predicted molar refractivity (Wildman–Crippen MR) is 163 cm³/mol. The molecule has 4 saturated carbocycles. The van der Waals surface area contributed by atoms with Gasteiger partial charge in [-0.2, -0.15) is 0 Å². The Labute approximate surface area is 250 Å². The molecule has 6 nitrogen and oxygen atoms in total. The number of fused-ring (bicyclic) bond motifs is 5. The van der Waals surface area contributed by atoms with Crippen molar-refractivity contribution in [3.05, 3.63) is 0 Å². The number of hydrogen-bond donors (Lipinski definition) is 2. The van der Waals surface area contributed by atoms with E-state index < -0.39 is 12.0 Å². The number of carbonyl (C=O) groups excluding carboxylic acids is 2. The van der Waals surface area contributed by atoms with Crippen molar-refractivity contribution in [3.8, 4) is 0 Å². The molecule has 0 amide bonds. The van der Waals surface area contributed by atoms with E-state index >= 15 is 0 Å². The van der Waals surface area contributed by atoms with Crippen molar-refractivity contribution < 1.29 is 24.2 Å². The minimum absolute atomic E-state index is 0.0309. The first-order chi connectivity index (χ1) is 19.0. The van der Waals surface area contributed by atoms with E-state index in [1.54, 1.807) is 6.92 Å². The molecular formula is C35H61NO5. The number of aliphatic hydroxyl groups excluding tert-OH is 1. The average Bonchev–Trinajstić information content (AvgIpc) is 3.27. The van der Waals surface area contributed by atoms with E-state index in [2.05, 4.69) is 60.7 Å². The summed E-state index contributed by atoms with van der Waals surface area (Å²) in [6, 6.07) is -0.675. The lowest BCUT2D eigenvalue weighted by Crippen LogP contribution is -2.66. The molecule has 0 aromatic carbocycles. The molecule has 10 atom stereocenters. The van der Waals surface area contributed by atoms with Crippen LogP contribution in [0.15, 0.2) is 0 Å². The largest absolute Gasteiger partial charge is 0.468 e. The van der Waals surface area contributed by atoms with E-state index in [1.165, 1.54) is 45.6 Å². The van der Waals surface area contributed by atoms with E-state index in [0.29, 0.717) is 35.6 Å². The standard InChI is InChI=1S/C35H61NO5/c1-22-12-16-33(7)27(32(22,5)6)14-18-34(8)28(33)20-26(41-23(2)38)29-24(13-17-35(29,34)9)31(3,4)15-11-19-36-25(21-37)30(39)40-10/h22,24-29,36-37H,11-21H2,1-10H3/t22-,24?,25-,26?,27?,28?,29-,33-,34+,35+/m0/s1. The summed E-state index contributed by atoms with van der Waals surface area (Å²) in [4.78, 5) is 24.5. The highest BCUT2D eigenvalue weighted by molar-refractivity contribution is 5.75. The van der Waals surface area contributed by atoms with Crippen LogP contribution in [0.2, 0.25) is 0 Å². The van der Waals surface area contributed by atoms with Gasteiger partial charge in [-0.05, 0) is 115 Å². The number of ether oxygens (including phenoxy) is 2. The predicted octanol–water partition coefficient (Wildman–Crippen LogP) is 6.78. The second-order valence-electron chi connectivity index (χ2n) is 16.6. The summed E-state index contributed by atoms with van der Waals surface area (Å²) in [6.45, 7) is 22.1. The van der Waals surface area contributed by atoms with Gasteiger partial charge < -0.3 is 19.9 Å². The minimum atomic E-state index is -0.675. The van der Waals surface area contributed by atoms with E-state index in [-0.39, 0.29) is 40.3 Å². The molecule has 0 bridgehead atoms. The van der Waals surface area contributed by atoms with E-state index in [1.807, 2.05) is 0 Å². The molecule has 0 aromatic rings.